The van der Waals surface area contributed by atoms with Crippen LogP contribution in [0.4, 0.5) is 0 Å². The molecule has 0 heterocycles. The molecule has 0 aliphatic rings. The molecular formula is C22H38O4. The van der Waals surface area contributed by atoms with Crippen molar-refractivity contribution in [3.05, 3.63) is 36.5 Å². The summed E-state index contributed by atoms with van der Waals surface area (Å²) >= 11 is 0. The van der Waals surface area contributed by atoms with E-state index in [1.54, 1.807) is 6.08 Å². The summed E-state index contributed by atoms with van der Waals surface area (Å²) in [7, 11) is 0. The molecule has 0 saturated carbocycles. The highest BCUT2D eigenvalue weighted by molar-refractivity contribution is 5.80. The van der Waals surface area contributed by atoms with Crippen molar-refractivity contribution in [3.8, 4) is 0 Å². The number of allylic oxidation sites excluding steroid dienone is 5. The number of carboxylic acid groups (broad SMARTS) is 2. The van der Waals surface area contributed by atoms with Crippen LogP contribution in [0, 0.1) is 0 Å². The number of rotatable bonds is 15. The lowest BCUT2D eigenvalue weighted by atomic mass is 10.1. The molecule has 0 bridgehead atoms. The van der Waals surface area contributed by atoms with Gasteiger partial charge in [-0.15, -0.1) is 0 Å². The van der Waals surface area contributed by atoms with Crippen LogP contribution in [0.15, 0.2) is 36.5 Å². The molecule has 0 amide bonds. The number of hydrogen-bond donors (Lipinski definition) is 2. The summed E-state index contributed by atoms with van der Waals surface area (Å²) in [5.41, 5.74) is 0. The molecule has 4 heteroatoms. The van der Waals surface area contributed by atoms with E-state index in [9.17, 15) is 9.59 Å². The number of aliphatic carboxylic acids is 2. The zero-order chi connectivity index (χ0) is 19.9. The fourth-order valence-corrected chi connectivity index (χ4v) is 2.23. The Hall–Kier alpha value is -1.84. The van der Waals surface area contributed by atoms with Gasteiger partial charge in [-0.25, -0.2) is 4.79 Å². The van der Waals surface area contributed by atoms with Gasteiger partial charge in [-0.1, -0.05) is 95.6 Å². The summed E-state index contributed by atoms with van der Waals surface area (Å²) < 4.78 is 0. The first-order chi connectivity index (χ1) is 12.5. The van der Waals surface area contributed by atoms with Crippen LogP contribution in [-0.2, 0) is 9.59 Å². The molecule has 0 rings (SSSR count). The summed E-state index contributed by atoms with van der Waals surface area (Å²) in [6.07, 6.45) is 24.8. The van der Waals surface area contributed by atoms with Crippen LogP contribution in [-0.4, -0.2) is 22.2 Å². The SMILES string of the molecule is CCCC(=O)O.CCCCCCCCCCC/C=C/C=C/C=C/C(=O)O. The Kier molecular flexibility index (Phi) is 23.5. The third-order valence-electron chi connectivity index (χ3n) is 3.65. The van der Waals surface area contributed by atoms with Gasteiger partial charge in [-0.05, 0) is 19.3 Å². The monoisotopic (exact) mass is 366 g/mol. The minimum absolute atomic E-state index is 0.292. The van der Waals surface area contributed by atoms with Gasteiger partial charge in [-0.2, -0.15) is 0 Å². The predicted octanol–water partition coefficient (Wildman–Crippen LogP) is 6.53. The minimum Gasteiger partial charge on any atom is -0.481 e. The van der Waals surface area contributed by atoms with Crippen LogP contribution >= 0.6 is 0 Å². The van der Waals surface area contributed by atoms with Crippen molar-refractivity contribution in [2.24, 2.45) is 0 Å². The number of unbranched alkanes of at least 4 members (excludes halogenated alkanes) is 9. The molecule has 0 unspecified atom stereocenters. The molecule has 0 aromatic rings. The summed E-state index contributed by atoms with van der Waals surface area (Å²) in [4.78, 5) is 19.8. The molecule has 0 aliphatic heterocycles. The van der Waals surface area contributed by atoms with Crippen LogP contribution in [0.5, 0.6) is 0 Å². The lowest BCUT2D eigenvalue weighted by Gasteiger charge is -2.00. The lowest BCUT2D eigenvalue weighted by molar-refractivity contribution is -0.137. The second-order valence-corrected chi connectivity index (χ2v) is 6.27. The van der Waals surface area contributed by atoms with Crippen molar-refractivity contribution in [2.75, 3.05) is 0 Å². The quantitative estimate of drug-likeness (QED) is 0.196. The van der Waals surface area contributed by atoms with E-state index >= 15 is 0 Å². The largest absolute Gasteiger partial charge is 0.481 e. The molecule has 0 spiro atoms. The Labute approximate surface area is 159 Å². The first-order valence-corrected chi connectivity index (χ1v) is 9.99. The fraction of sp³-hybridized carbons (Fsp3) is 0.636. The molecule has 0 fully saturated rings. The molecule has 0 aliphatic carbocycles. The van der Waals surface area contributed by atoms with E-state index in [0.29, 0.717) is 6.42 Å². The van der Waals surface area contributed by atoms with Crippen molar-refractivity contribution < 1.29 is 19.8 Å². The molecular weight excluding hydrogens is 328 g/mol. The smallest absolute Gasteiger partial charge is 0.328 e. The molecule has 0 aromatic carbocycles. The van der Waals surface area contributed by atoms with Crippen molar-refractivity contribution in [1.29, 1.82) is 0 Å². The van der Waals surface area contributed by atoms with E-state index in [-0.39, 0.29) is 0 Å². The molecule has 0 atom stereocenters. The van der Waals surface area contributed by atoms with Crippen molar-refractivity contribution >= 4 is 11.9 Å². The highest BCUT2D eigenvalue weighted by Crippen LogP contribution is 2.10. The highest BCUT2D eigenvalue weighted by atomic mass is 16.4. The van der Waals surface area contributed by atoms with E-state index in [1.807, 2.05) is 19.1 Å². The fourth-order valence-electron chi connectivity index (χ4n) is 2.23. The number of carbonyl (C=O) groups is 2. The predicted molar refractivity (Wildman–Crippen MR) is 109 cm³/mol. The van der Waals surface area contributed by atoms with Crippen LogP contribution in [0.3, 0.4) is 0 Å². The van der Waals surface area contributed by atoms with Gasteiger partial charge in [0, 0.05) is 12.5 Å². The Bertz CT molecular complexity index is 408. The zero-order valence-electron chi connectivity index (χ0n) is 16.7. The second kappa shape index (κ2) is 23.2. The maximum atomic E-state index is 10.2. The minimum atomic E-state index is -0.909. The van der Waals surface area contributed by atoms with Gasteiger partial charge in [-0.3, -0.25) is 4.79 Å². The van der Waals surface area contributed by atoms with Crippen molar-refractivity contribution in [2.45, 2.75) is 90.9 Å². The van der Waals surface area contributed by atoms with Gasteiger partial charge >= 0.3 is 11.9 Å². The normalized spacial score (nSPS) is 11.2. The maximum Gasteiger partial charge on any atom is 0.328 e. The Balaban J connectivity index is 0. The zero-order valence-corrected chi connectivity index (χ0v) is 16.7. The average molecular weight is 367 g/mol. The first kappa shape index (κ1) is 26.4. The average Bonchev–Trinajstić information content (AvgIpc) is 2.58. The van der Waals surface area contributed by atoms with E-state index in [4.69, 9.17) is 10.2 Å². The standard InChI is InChI=1S/C18H30O2.C4H8O2/c1-2-3-4-5-6-7-8-9-10-11-12-13-14-15-16-17-18(19)20;1-2-3-4(5)6/h12-17H,2-11H2,1H3,(H,19,20);2-3H2,1H3,(H,5,6)/b13-12+,15-14+,17-16+;. The Morgan fingerprint density at radius 2 is 1.23 bits per heavy atom. The molecule has 0 radical (unpaired) electrons. The van der Waals surface area contributed by atoms with Gasteiger partial charge in [0.05, 0.1) is 0 Å². The second-order valence-electron chi connectivity index (χ2n) is 6.27. The third kappa shape index (κ3) is 30.1. The summed E-state index contributed by atoms with van der Waals surface area (Å²) in [5, 5.41) is 16.3. The Morgan fingerprint density at radius 3 is 1.69 bits per heavy atom. The molecule has 150 valence electrons. The van der Waals surface area contributed by atoms with Crippen LogP contribution in [0.1, 0.15) is 90.9 Å². The van der Waals surface area contributed by atoms with E-state index in [2.05, 4.69) is 13.0 Å². The third-order valence-corrected chi connectivity index (χ3v) is 3.65. The molecule has 4 nitrogen and oxygen atoms in total. The van der Waals surface area contributed by atoms with Gasteiger partial charge in [0.1, 0.15) is 0 Å². The lowest BCUT2D eigenvalue weighted by Crippen LogP contribution is -1.90. The van der Waals surface area contributed by atoms with Crippen molar-refractivity contribution in [3.63, 3.8) is 0 Å². The molecule has 26 heavy (non-hydrogen) atoms. The molecule has 2 N–H and O–H groups in total. The highest BCUT2D eigenvalue weighted by Gasteiger charge is 1.91. The summed E-state index contributed by atoms with van der Waals surface area (Å²) in [5.74, 6) is -1.62. The van der Waals surface area contributed by atoms with E-state index in [1.165, 1.54) is 63.9 Å². The Morgan fingerprint density at radius 1 is 0.692 bits per heavy atom. The van der Waals surface area contributed by atoms with Crippen LogP contribution < -0.4 is 0 Å². The van der Waals surface area contributed by atoms with Crippen molar-refractivity contribution in [1.82, 2.24) is 0 Å². The van der Waals surface area contributed by atoms with E-state index < -0.39 is 11.9 Å². The summed E-state index contributed by atoms with van der Waals surface area (Å²) in [6, 6.07) is 0. The number of carboxylic acids is 2. The molecule has 0 aromatic heterocycles. The van der Waals surface area contributed by atoms with Crippen LogP contribution in [0.25, 0.3) is 0 Å². The van der Waals surface area contributed by atoms with Gasteiger partial charge in [0.25, 0.3) is 0 Å². The van der Waals surface area contributed by atoms with Gasteiger partial charge in [0.15, 0.2) is 0 Å². The van der Waals surface area contributed by atoms with Gasteiger partial charge in [0.2, 0.25) is 0 Å². The van der Waals surface area contributed by atoms with Gasteiger partial charge < -0.3 is 10.2 Å². The summed E-state index contributed by atoms with van der Waals surface area (Å²) in [6.45, 7) is 4.10. The first-order valence-electron chi connectivity index (χ1n) is 9.99. The maximum absolute atomic E-state index is 10.2. The van der Waals surface area contributed by atoms with Crippen LogP contribution in [0.2, 0.25) is 0 Å². The number of hydrogen-bond acceptors (Lipinski definition) is 2. The van der Waals surface area contributed by atoms with E-state index in [0.717, 1.165) is 18.9 Å². The molecule has 0 saturated heterocycles. The topological polar surface area (TPSA) is 74.6 Å².